The van der Waals surface area contributed by atoms with Gasteiger partial charge in [0, 0.05) is 41.5 Å². The van der Waals surface area contributed by atoms with E-state index >= 15 is 0 Å². The lowest BCUT2D eigenvalue weighted by Crippen LogP contribution is -2.31. The first-order valence-corrected chi connectivity index (χ1v) is 10.2. The Bertz CT molecular complexity index is 947. The molecule has 6 N–H and O–H groups in total. The SMILES string of the molecule is CCC(C)=C(C)N=C/C(CN(N)/C=C(\N)COC(=O)COc1ccc([N+](=O)[O-])cc1)=C(\C)N. The van der Waals surface area contributed by atoms with Gasteiger partial charge in [0.1, 0.15) is 12.4 Å². The highest BCUT2D eigenvalue weighted by Gasteiger charge is 2.09. The third-order valence-corrected chi connectivity index (χ3v) is 4.56. The maximum absolute atomic E-state index is 11.8. The lowest BCUT2D eigenvalue weighted by Gasteiger charge is -2.16. The number of ether oxygens (including phenoxy) is 2. The zero-order chi connectivity index (χ0) is 25.0. The summed E-state index contributed by atoms with van der Waals surface area (Å²) in [5.41, 5.74) is 15.3. The summed E-state index contributed by atoms with van der Waals surface area (Å²) in [7, 11) is 0. The number of nitro benzene ring substituents is 1. The van der Waals surface area contributed by atoms with Crippen LogP contribution in [0.3, 0.4) is 0 Å². The molecule has 1 rings (SSSR count). The van der Waals surface area contributed by atoms with Crippen LogP contribution in [0.5, 0.6) is 5.75 Å². The number of nitrogens with zero attached hydrogens (tertiary/aromatic N) is 3. The zero-order valence-electron chi connectivity index (χ0n) is 19.4. The second kappa shape index (κ2) is 13.5. The number of nitrogens with two attached hydrogens (primary N) is 3. The number of allylic oxidation sites excluding steroid dienone is 3. The van der Waals surface area contributed by atoms with Gasteiger partial charge in [-0.05, 0) is 39.3 Å². The van der Waals surface area contributed by atoms with Crippen molar-refractivity contribution in [2.45, 2.75) is 34.1 Å². The molecule has 0 amide bonds. The van der Waals surface area contributed by atoms with Crippen LogP contribution in [0.1, 0.15) is 34.1 Å². The van der Waals surface area contributed by atoms with Gasteiger partial charge in [-0.2, -0.15) is 0 Å². The molecule has 0 bridgehead atoms. The van der Waals surface area contributed by atoms with Gasteiger partial charge >= 0.3 is 5.97 Å². The second-order valence-electron chi connectivity index (χ2n) is 7.26. The van der Waals surface area contributed by atoms with Gasteiger partial charge in [0.25, 0.3) is 5.69 Å². The van der Waals surface area contributed by atoms with Gasteiger partial charge in [-0.15, -0.1) is 0 Å². The van der Waals surface area contributed by atoms with Crippen LogP contribution in [0.25, 0.3) is 0 Å². The van der Waals surface area contributed by atoms with E-state index in [0.717, 1.165) is 17.7 Å². The average Bonchev–Trinajstić information content (AvgIpc) is 2.78. The fraction of sp³-hybridized carbons (Fsp3) is 0.364. The number of carbonyl (C=O) groups excluding carboxylic acids is 1. The minimum atomic E-state index is -0.660. The molecule has 1 aromatic rings. The summed E-state index contributed by atoms with van der Waals surface area (Å²) in [4.78, 5) is 26.4. The Hall–Kier alpha value is -3.86. The first-order valence-electron chi connectivity index (χ1n) is 10.2. The van der Waals surface area contributed by atoms with Gasteiger partial charge in [-0.3, -0.25) is 15.1 Å². The lowest BCUT2D eigenvalue weighted by molar-refractivity contribution is -0.384. The van der Waals surface area contributed by atoms with Crippen molar-refractivity contribution in [1.82, 2.24) is 5.01 Å². The Labute approximate surface area is 193 Å². The van der Waals surface area contributed by atoms with Crippen molar-refractivity contribution in [3.8, 4) is 5.75 Å². The Morgan fingerprint density at radius 3 is 2.36 bits per heavy atom. The largest absolute Gasteiger partial charge is 0.482 e. The number of carbonyl (C=O) groups is 1. The summed E-state index contributed by atoms with van der Waals surface area (Å²) in [5.74, 6) is 5.62. The minimum absolute atomic E-state index is 0.0778. The maximum Gasteiger partial charge on any atom is 0.344 e. The van der Waals surface area contributed by atoms with Crippen molar-refractivity contribution < 1.29 is 19.2 Å². The van der Waals surface area contributed by atoms with Crippen molar-refractivity contribution >= 4 is 17.9 Å². The predicted octanol–water partition coefficient (Wildman–Crippen LogP) is 2.50. The Balaban J connectivity index is 2.56. The second-order valence-corrected chi connectivity index (χ2v) is 7.26. The zero-order valence-corrected chi connectivity index (χ0v) is 19.4. The molecule has 0 aliphatic carbocycles. The smallest absolute Gasteiger partial charge is 0.344 e. The number of rotatable bonds is 12. The lowest BCUT2D eigenvalue weighted by atomic mass is 10.2. The standard InChI is InChI=1S/C22H32N6O5/c1-5-15(2)17(4)26-10-18(16(3)23)11-27(25)12-19(24)13-33-22(29)14-32-21-8-6-20(7-9-21)28(30)31/h6-10,12H,5,11,13-14,23-25H2,1-4H3/b17-15?,18-16-,19-12-,26-10?. The maximum atomic E-state index is 11.8. The number of non-ortho nitro benzene ring substituents is 1. The number of esters is 1. The number of benzene rings is 1. The highest BCUT2D eigenvalue weighted by Crippen LogP contribution is 2.17. The first kappa shape index (κ1) is 27.2. The Morgan fingerprint density at radius 2 is 1.82 bits per heavy atom. The van der Waals surface area contributed by atoms with Gasteiger partial charge in [0.15, 0.2) is 6.61 Å². The summed E-state index contributed by atoms with van der Waals surface area (Å²) in [6, 6.07) is 5.33. The first-order chi connectivity index (χ1) is 15.5. The van der Waals surface area contributed by atoms with Crippen LogP contribution in [0.4, 0.5) is 5.69 Å². The van der Waals surface area contributed by atoms with E-state index < -0.39 is 10.9 Å². The molecule has 0 aromatic heterocycles. The normalized spacial score (nSPS) is 13.3. The molecule has 0 radical (unpaired) electrons. The summed E-state index contributed by atoms with van der Waals surface area (Å²) in [6.07, 6.45) is 4.01. The van der Waals surface area contributed by atoms with E-state index in [0.29, 0.717) is 11.4 Å². The molecule has 11 nitrogen and oxygen atoms in total. The molecule has 0 saturated heterocycles. The molecule has 0 saturated carbocycles. The molecular formula is C22H32N6O5. The van der Waals surface area contributed by atoms with Crippen LogP contribution in [-0.4, -0.2) is 41.9 Å². The van der Waals surface area contributed by atoms with Crippen LogP contribution >= 0.6 is 0 Å². The van der Waals surface area contributed by atoms with E-state index in [1.807, 2.05) is 13.8 Å². The van der Waals surface area contributed by atoms with Gasteiger partial charge in [-0.25, -0.2) is 10.6 Å². The van der Waals surface area contributed by atoms with Gasteiger partial charge in [0.2, 0.25) is 0 Å². The number of aliphatic imine (C=N–C) groups is 1. The molecule has 0 atom stereocenters. The van der Waals surface area contributed by atoms with Crippen molar-refractivity contribution in [3.05, 3.63) is 68.8 Å². The molecule has 11 heteroatoms. The van der Waals surface area contributed by atoms with E-state index in [4.69, 9.17) is 26.8 Å². The van der Waals surface area contributed by atoms with E-state index in [2.05, 4.69) is 11.9 Å². The third-order valence-electron chi connectivity index (χ3n) is 4.56. The summed E-state index contributed by atoms with van der Waals surface area (Å²) < 4.78 is 10.3. The van der Waals surface area contributed by atoms with Crippen molar-refractivity contribution in [2.24, 2.45) is 22.3 Å². The molecular weight excluding hydrogens is 428 g/mol. The van der Waals surface area contributed by atoms with E-state index in [-0.39, 0.29) is 31.1 Å². The van der Waals surface area contributed by atoms with Crippen molar-refractivity contribution in [3.63, 3.8) is 0 Å². The fourth-order valence-electron chi connectivity index (χ4n) is 2.31. The number of hydrogen-bond acceptors (Lipinski definition) is 10. The number of hydrogen-bond donors (Lipinski definition) is 3. The van der Waals surface area contributed by atoms with Crippen molar-refractivity contribution in [2.75, 3.05) is 19.8 Å². The van der Waals surface area contributed by atoms with E-state index in [9.17, 15) is 14.9 Å². The van der Waals surface area contributed by atoms with Crippen LogP contribution in [-0.2, 0) is 9.53 Å². The summed E-state index contributed by atoms with van der Waals surface area (Å²) in [5, 5.41) is 12.0. The predicted molar refractivity (Wildman–Crippen MR) is 127 cm³/mol. The highest BCUT2D eigenvalue weighted by atomic mass is 16.6. The number of hydrazine groups is 1. The molecule has 180 valence electrons. The summed E-state index contributed by atoms with van der Waals surface area (Å²) in [6.45, 7) is 7.44. The Kier molecular flexibility index (Phi) is 11.1. The van der Waals surface area contributed by atoms with Gasteiger partial charge < -0.3 is 25.9 Å². The topological polar surface area (TPSA) is 172 Å². The summed E-state index contributed by atoms with van der Waals surface area (Å²) >= 11 is 0. The molecule has 0 aliphatic heterocycles. The van der Waals surface area contributed by atoms with Crippen LogP contribution in [0.2, 0.25) is 0 Å². The molecule has 0 heterocycles. The molecule has 0 aliphatic rings. The average molecular weight is 461 g/mol. The van der Waals surface area contributed by atoms with Crippen LogP contribution in [0, 0.1) is 10.1 Å². The van der Waals surface area contributed by atoms with Crippen LogP contribution in [0.15, 0.2) is 63.7 Å². The molecule has 0 spiro atoms. The monoisotopic (exact) mass is 460 g/mol. The molecule has 1 aromatic carbocycles. The molecule has 0 unspecified atom stereocenters. The van der Waals surface area contributed by atoms with Crippen LogP contribution < -0.4 is 22.0 Å². The van der Waals surface area contributed by atoms with Gasteiger partial charge in [0.05, 0.1) is 17.2 Å². The van der Waals surface area contributed by atoms with E-state index in [1.165, 1.54) is 41.0 Å². The minimum Gasteiger partial charge on any atom is -0.482 e. The van der Waals surface area contributed by atoms with Gasteiger partial charge in [-0.1, -0.05) is 12.5 Å². The number of nitro groups is 1. The Morgan fingerprint density at radius 1 is 1.18 bits per heavy atom. The van der Waals surface area contributed by atoms with E-state index in [1.54, 1.807) is 13.1 Å². The molecule has 33 heavy (non-hydrogen) atoms. The highest BCUT2D eigenvalue weighted by molar-refractivity contribution is 5.80. The molecule has 0 fully saturated rings. The third kappa shape index (κ3) is 10.3. The fourth-order valence-corrected chi connectivity index (χ4v) is 2.31. The van der Waals surface area contributed by atoms with Crippen molar-refractivity contribution in [1.29, 1.82) is 0 Å². The quantitative estimate of drug-likeness (QED) is 0.139.